The molecule has 0 fully saturated rings. The Bertz CT molecular complexity index is 490. The minimum Gasteiger partial charge on any atom is -0.342 e. The summed E-state index contributed by atoms with van der Waals surface area (Å²) in [7, 11) is 0. The molecule has 0 atom stereocenters. The first kappa shape index (κ1) is 9.83. The Kier molecular flexibility index (Phi) is 2.49. The number of benzene rings is 1. The van der Waals surface area contributed by atoms with Gasteiger partial charge >= 0.3 is 0 Å². The molecular formula is C11H9F2NO. The van der Waals surface area contributed by atoms with E-state index in [9.17, 15) is 13.6 Å². The predicted octanol–water partition coefficient (Wildman–Crippen LogP) is 2.72. The van der Waals surface area contributed by atoms with Gasteiger partial charge in [0, 0.05) is 17.3 Å². The van der Waals surface area contributed by atoms with Crippen LogP contribution in [0.1, 0.15) is 10.4 Å². The number of nitrogens with zero attached hydrogens (tertiary/aromatic N) is 1. The first-order valence-electron chi connectivity index (χ1n) is 4.53. The number of carbonyl (C=O) groups excluding carboxylic acids is 1. The average Bonchev–Trinajstić information content (AvgIpc) is 2.60. The van der Waals surface area contributed by atoms with E-state index in [2.05, 4.69) is 0 Å². The van der Waals surface area contributed by atoms with Gasteiger partial charge in [-0.1, -0.05) is 12.1 Å². The molecule has 1 aromatic heterocycles. The average molecular weight is 209 g/mol. The van der Waals surface area contributed by atoms with Crippen LogP contribution >= 0.6 is 0 Å². The molecular weight excluding hydrogens is 200 g/mol. The van der Waals surface area contributed by atoms with E-state index in [1.54, 1.807) is 30.5 Å². The van der Waals surface area contributed by atoms with Crippen molar-refractivity contribution in [2.75, 3.05) is 0 Å². The van der Waals surface area contributed by atoms with E-state index in [0.717, 1.165) is 5.39 Å². The molecule has 78 valence electrons. The topological polar surface area (TPSA) is 22.0 Å². The lowest BCUT2D eigenvalue weighted by molar-refractivity contribution is 0.112. The summed E-state index contributed by atoms with van der Waals surface area (Å²) in [5, 5.41) is 0.862. The third-order valence-corrected chi connectivity index (χ3v) is 2.27. The number of aldehydes is 1. The minimum absolute atomic E-state index is 0.341. The molecule has 15 heavy (non-hydrogen) atoms. The number of aromatic nitrogens is 1. The molecule has 2 nitrogen and oxygen atoms in total. The standard InChI is InChI=1S/C11H9F2NO/c12-11(13)6-14-4-3-9-2-1-8(7-15)5-10(9)14/h1-5,7,11H,6H2. The van der Waals surface area contributed by atoms with Crippen LogP contribution in [-0.4, -0.2) is 17.3 Å². The van der Waals surface area contributed by atoms with Gasteiger partial charge in [-0.15, -0.1) is 0 Å². The third-order valence-electron chi connectivity index (χ3n) is 2.27. The number of halogens is 2. The Hall–Kier alpha value is -1.71. The van der Waals surface area contributed by atoms with Crippen LogP contribution in [0.2, 0.25) is 0 Å². The summed E-state index contributed by atoms with van der Waals surface area (Å²) in [6, 6.07) is 6.79. The normalized spacial score (nSPS) is 11.1. The van der Waals surface area contributed by atoms with Crippen LogP contribution in [0.15, 0.2) is 30.5 Å². The van der Waals surface area contributed by atoms with E-state index in [4.69, 9.17) is 0 Å². The zero-order valence-electron chi connectivity index (χ0n) is 7.86. The van der Waals surface area contributed by atoms with Crippen molar-refractivity contribution in [2.45, 2.75) is 13.0 Å². The highest BCUT2D eigenvalue weighted by molar-refractivity contribution is 5.87. The van der Waals surface area contributed by atoms with Crippen LogP contribution in [0.5, 0.6) is 0 Å². The lowest BCUT2D eigenvalue weighted by Crippen LogP contribution is -2.04. The van der Waals surface area contributed by atoms with E-state index in [-0.39, 0.29) is 6.54 Å². The largest absolute Gasteiger partial charge is 0.342 e. The van der Waals surface area contributed by atoms with Crippen LogP contribution in [0, 0.1) is 0 Å². The van der Waals surface area contributed by atoms with Crippen molar-refractivity contribution >= 4 is 17.2 Å². The van der Waals surface area contributed by atoms with Crippen molar-refractivity contribution in [1.82, 2.24) is 4.57 Å². The van der Waals surface area contributed by atoms with Gasteiger partial charge in [0.05, 0.1) is 6.54 Å². The van der Waals surface area contributed by atoms with Crippen molar-refractivity contribution in [3.63, 3.8) is 0 Å². The van der Waals surface area contributed by atoms with Gasteiger partial charge in [0.25, 0.3) is 6.43 Å². The molecule has 4 heteroatoms. The molecule has 0 aliphatic heterocycles. The maximum Gasteiger partial charge on any atom is 0.256 e. The van der Waals surface area contributed by atoms with E-state index < -0.39 is 6.43 Å². The number of rotatable bonds is 3. The number of alkyl halides is 2. The van der Waals surface area contributed by atoms with Crippen LogP contribution in [0.3, 0.4) is 0 Å². The first-order valence-corrected chi connectivity index (χ1v) is 4.53. The molecule has 2 rings (SSSR count). The quantitative estimate of drug-likeness (QED) is 0.712. The Morgan fingerprint density at radius 1 is 1.33 bits per heavy atom. The molecule has 2 aromatic rings. The third kappa shape index (κ3) is 1.88. The fourth-order valence-corrected chi connectivity index (χ4v) is 1.58. The van der Waals surface area contributed by atoms with Gasteiger partial charge in [0.2, 0.25) is 0 Å². The Morgan fingerprint density at radius 3 is 2.80 bits per heavy atom. The molecule has 0 N–H and O–H groups in total. The van der Waals surface area contributed by atoms with Gasteiger partial charge in [-0.05, 0) is 17.5 Å². The van der Waals surface area contributed by atoms with Crippen LogP contribution in [-0.2, 0) is 6.54 Å². The lowest BCUT2D eigenvalue weighted by atomic mass is 10.2. The molecule has 0 bridgehead atoms. The van der Waals surface area contributed by atoms with Gasteiger partial charge in [-0.3, -0.25) is 4.79 Å². The van der Waals surface area contributed by atoms with E-state index >= 15 is 0 Å². The predicted molar refractivity (Wildman–Crippen MR) is 53.3 cm³/mol. The van der Waals surface area contributed by atoms with Crippen molar-refractivity contribution in [2.24, 2.45) is 0 Å². The first-order chi connectivity index (χ1) is 7.20. The number of carbonyl (C=O) groups is 1. The molecule has 0 saturated carbocycles. The minimum atomic E-state index is -2.39. The summed E-state index contributed by atoms with van der Waals surface area (Å²) in [5.41, 5.74) is 1.16. The van der Waals surface area contributed by atoms with Crippen LogP contribution in [0.4, 0.5) is 8.78 Å². The van der Waals surface area contributed by atoms with E-state index in [1.165, 1.54) is 4.57 Å². The van der Waals surface area contributed by atoms with Gasteiger partial charge in [0.15, 0.2) is 0 Å². The monoisotopic (exact) mass is 209 g/mol. The summed E-state index contributed by atoms with van der Waals surface area (Å²) in [5.74, 6) is 0. The Labute approximate surface area is 85.1 Å². The molecule has 1 heterocycles. The summed E-state index contributed by atoms with van der Waals surface area (Å²) in [6.07, 6.45) is -0.0784. The highest BCUT2D eigenvalue weighted by atomic mass is 19.3. The Balaban J connectivity index is 2.51. The maximum absolute atomic E-state index is 12.2. The second-order valence-electron chi connectivity index (χ2n) is 3.30. The van der Waals surface area contributed by atoms with Gasteiger partial charge in [-0.25, -0.2) is 8.78 Å². The van der Waals surface area contributed by atoms with Crippen LogP contribution < -0.4 is 0 Å². The van der Waals surface area contributed by atoms with Crippen molar-refractivity contribution in [1.29, 1.82) is 0 Å². The lowest BCUT2D eigenvalue weighted by Gasteiger charge is -2.04. The molecule has 0 aliphatic carbocycles. The SMILES string of the molecule is O=Cc1ccc2ccn(CC(F)F)c2c1. The number of fused-ring (bicyclic) bond motifs is 1. The molecule has 0 spiro atoms. The summed E-state index contributed by atoms with van der Waals surface area (Å²) >= 11 is 0. The summed E-state index contributed by atoms with van der Waals surface area (Å²) < 4.78 is 25.9. The highest BCUT2D eigenvalue weighted by Crippen LogP contribution is 2.18. The zero-order chi connectivity index (χ0) is 10.8. The fourth-order valence-electron chi connectivity index (χ4n) is 1.58. The number of hydrogen-bond donors (Lipinski definition) is 0. The van der Waals surface area contributed by atoms with E-state index in [0.29, 0.717) is 17.4 Å². The molecule has 0 aliphatic rings. The molecule has 0 unspecified atom stereocenters. The highest BCUT2D eigenvalue weighted by Gasteiger charge is 2.07. The van der Waals surface area contributed by atoms with Gasteiger partial charge in [0.1, 0.15) is 6.29 Å². The van der Waals surface area contributed by atoms with Crippen molar-refractivity contribution in [3.05, 3.63) is 36.0 Å². The van der Waals surface area contributed by atoms with Crippen molar-refractivity contribution in [3.8, 4) is 0 Å². The molecule has 0 radical (unpaired) electrons. The molecule has 1 aromatic carbocycles. The second-order valence-corrected chi connectivity index (χ2v) is 3.30. The fraction of sp³-hybridized carbons (Fsp3) is 0.182. The van der Waals surface area contributed by atoms with Crippen LogP contribution in [0.25, 0.3) is 10.9 Å². The number of hydrogen-bond acceptors (Lipinski definition) is 1. The second kappa shape index (κ2) is 3.81. The maximum atomic E-state index is 12.2. The summed E-state index contributed by atoms with van der Waals surface area (Å²) in [4.78, 5) is 10.5. The molecule has 0 saturated heterocycles. The van der Waals surface area contributed by atoms with E-state index in [1.807, 2.05) is 0 Å². The smallest absolute Gasteiger partial charge is 0.256 e. The summed E-state index contributed by atoms with van der Waals surface area (Å²) in [6.45, 7) is -0.341. The van der Waals surface area contributed by atoms with Gasteiger partial charge < -0.3 is 4.57 Å². The van der Waals surface area contributed by atoms with Crippen molar-refractivity contribution < 1.29 is 13.6 Å². The Morgan fingerprint density at radius 2 is 2.13 bits per heavy atom. The molecule has 0 amide bonds. The zero-order valence-corrected chi connectivity index (χ0v) is 7.86. The van der Waals surface area contributed by atoms with Gasteiger partial charge in [-0.2, -0.15) is 0 Å².